The highest BCUT2D eigenvalue weighted by Gasteiger charge is 2.45. The number of hydrogen-bond acceptors (Lipinski definition) is 6. The van der Waals surface area contributed by atoms with Crippen molar-refractivity contribution >= 4 is 28.5 Å². The van der Waals surface area contributed by atoms with Crippen molar-refractivity contribution in [3.05, 3.63) is 52.8 Å². The number of ether oxygens (including phenoxy) is 2. The molecule has 1 saturated heterocycles. The fourth-order valence-electron chi connectivity index (χ4n) is 3.97. The molecule has 1 fully saturated rings. The highest BCUT2D eigenvalue weighted by atomic mass is 35.5. The summed E-state index contributed by atoms with van der Waals surface area (Å²) < 4.78 is 11.6. The van der Waals surface area contributed by atoms with E-state index in [1.807, 2.05) is 62.1 Å². The second-order valence-corrected chi connectivity index (χ2v) is 8.93. The Morgan fingerprint density at radius 1 is 1.31 bits per heavy atom. The number of pyridine rings is 1. The molecular formula is C22H26ClN3O2S. The number of hydrogen-bond donors (Lipinski definition) is 0. The predicted molar refractivity (Wildman–Crippen MR) is 119 cm³/mol. The van der Waals surface area contributed by atoms with Crippen LogP contribution < -0.4 is 9.47 Å². The van der Waals surface area contributed by atoms with Gasteiger partial charge in [0.15, 0.2) is 16.7 Å². The summed E-state index contributed by atoms with van der Waals surface area (Å²) in [7, 11) is 1.65. The Bertz CT molecular complexity index is 906. The van der Waals surface area contributed by atoms with Gasteiger partial charge in [-0.25, -0.2) is 0 Å². The van der Waals surface area contributed by atoms with Crippen molar-refractivity contribution < 1.29 is 9.47 Å². The zero-order chi connectivity index (χ0) is 20.5. The molecule has 2 aliphatic rings. The van der Waals surface area contributed by atoms with Gasteiger partial charge in [0.1, 0.15) is 6.04 Å². The van der Waals surface area contributed by atoms with Crippen molar-refractivity contribution in [2.24, 2.45) is 4.99 Å². The monoisotopic (exact) mass is 431 g/mol. The number of benzene rings is 1. The lowest BCUT2D eigenvalue weighted by Gasteiger charge is -2.32. The molecule has 0 saturated carbocycles. The Morgan fingerprint density at radius 2 is 2.14 bits per heavy atom. The van der Waals surface area contributed by atoms with Crippen LogP contribution in [0, 0.1) is 0 Å². The van der Waals surface area contributed by atoms with E-state index in [1.165, 1.54) is 0 Å². The van der Waals surface area contributed by atoms with Gasteiger partial charge in [-0.15, -0.1) is 0 Å². The first-order valence-electron chi connectivity index (χ1n) is 9.97. The minimum absolute atomic E-state index is 0.00869. The number of aromatic nitrogens is 1. The first-order valence-corrected chi connectivity index (χ1v) is 11.3. The van der Waals surface area contributed by atoms with E-state index in [9.17, 15) is 0 Å². The molecule has 3 atom stereocenters. The van der Waals surface area contributed by atoms with E-state index in [-0.39, 0.29) is 18.2 Å². The summed E-state index contributed by atoms with van der Waals surface area (Å²) >= 11 is 8.49. The lowest BCUT2D eigenvalue weighted by Crippen LogP contribution is -2.35. The molecule has 0 amide bonds. The molecule has 0 N–H and O–H groups in total. The Kier molecular flexibility index (Phi) is 5.93. The van der Waals surface area contributed by atoms with Crippen LogP contribution in [0.15, 0.2) is 41.5 Å². The second kappa shape index (κ2) is 8.44. The van der Waals surface area contributed by atoms with Crippen molar-refractivity contribution in [3.63, 3.8) is 0 Å². The largest absolute Gasteiger partial charge is 0.493 e. The number of aliphatic imine (C=N–C) groups is 1. The van der Waals surface area contributed by atoms with Crippen LogP contribution in [0.4, 0.5) is 0 Å². The van der Waals surface area contributed by atoms with Crippen LogP contribution in [0.2, 0.25) is 5.02 Å². The first-order chi connectivity index (χ1) is 14.0. The molecule has 154 valence electrons. The number of methoxy groups -OCH3 is 1. The third kappa shape index (κ3) is 3.80. The average Bonchev–Trinajstić information content (AvgIpc) is 3.28. The molecule has 0 aliphatic carbocycles. The molecule has 0 bridgehead atoms. The molecule has 1 aromatic carbocycles. The van der Waals surface area contributed by atoms with Crippen LogP contribution in [-0.2, 0) is 0 Å². The van der Waals surface area contributed by atoms with Crippen molar-refractivity contribution in [2.75, 3.05) is 12.9 Å². The summed E-state index contributed by atoms with van der Waals surface area (Å²) in [4.78, 5) is 12.1. The van der Waals surface area contributed by atoms with Crippen LogP contribution in [0.3, 0.4) is 0 Å². The maximum atomic E-state index is 6.66. The van der Waals surface area contributed by atoms with Gasteiger partial charge in [-0.1, -0.05) is 36.4 Å². The molecule has 7 heteroatoms. The van der Waals surface area contributed by atoms with Crippen molar-refractivity contribution in [2.45, 2.75) is 51.4 Å². The molecule has 5 nitrogen and oxygen atoms in total. The third-order valence-corrected chi connectivity index (χ3v) is 6.68. The number of amidine groups is 1. The van der Waals surface area contributed by atoms with Crippen molar-refractivity contribution in [1.82, 2.24) is 9.88 Å². The number of halogens is 1. The SMILES string of the molecule is CC[C@H]1CSC2=N[C@H](c3ccccn3)[C@@H](c3cc(Cl)c(OC(C)C)c(OC)c3)N21. The number of nitrogens with zero attached hydrogens (tertiary/aromatic N) is 3. The van der Waals surface area contributed by atoms with E-state index in [1.54, 1.807) is 7.11 Å². The zero-order valence-corrected chi connectivity index (χ0v) is 18.7. The predicted octanol–water partition coefficient (Wildman–Crippen LogP) is 5.51. The van der Waals surface area contributed by atoms with Gasteiger partial charge in [0.2, 0.25) is 0 Å². The van der Waals surface area contributed by atoms with Gasteiger partial charge in [0, 0.05) is 18.0 Å². The van der Waals surface area contributed by atoms with E-state index in [2.05, 4.69) is 16.8 Å². The van der Waals surface area contributed by atoms with Crippen LogP contribution in [0.1, 0.15) is 50.5 Å². The molecule has 2 aliphatic heterocycles. The maximum absolute atomic E-state index is 6.66. The summed E-state index contributed by atoms with van der Waals surface area (Å²) in [6, 6.07) is 10.4. The van der Waals surface area contributed by atoms with Gasteiger partial charge in [-0.05, 0) is 50.1 Å². The van der Waals surface area contributed by atoms with Gasteiger partial charge in [-0.3, -0.25) is 9.98 Å². The normalized spacial score (nSPS) is 23.3. The summed E-state index contributed by atoms with van der Waals surface area (Å²) in [5.74, 6) is 2.29. The number of fused-ring (bicyclic) bond motifs is 1. The van der Waals surface area contributed by atoms with Crippen LogP contribution in [0.5, 0.6) is 11.5 Å². The molecule has 29 heavy (non-hydrogen) atoms. The molecule has 4 rings (SSSR count). The lowest BCUT2D eigenvalue weighted by molar-refractivity contribution is 0.228. The smallest absolute Gasteiger partial charge is 0.180 e. The summed E-state index contributed by atoms with van der Waals surface area (Å²) in [6.45, 7) is 6.18. The van der Waals surface area contributed by atoms with E-state index >= 15 is 0 Å². The Labute approximate surface area is 181 Å². The van der Waals surface area contributed by atoms with Crippen molar-refractivity contribution in [1.29, 1.82) is 0 Å². The van der Waals surface area contributed by atoms with Gasteiger partial charge in [0.05, 0.1) is 30.0 Å². The molecule has 2 aromatic rings. The quantitative estimate of drug-likeness (QED) is 0.603. The summed E-state index contributed by atoms with van der Waals surface area (Å²) in [5, 5.41) is 1.65. The van der Waals surface area contributed by atoms with Gasteiger partial charge >= 0.3 is 0 Å². The molecule has 0 unspecified atom stereocenters. The Balaban J connectivity index is 1.80. The van der Waals surface area contributed by atoms with E-state index in [0.29, 0.717) is 22.6 Å². The zero-order valence-electron chi connectivity index (χ0n) is 17.1. The lowest BCUT2D eigenvalue weighted by atomic mass is 9.95. The first kappa shape index (κ1) is 20.4. The average molecular weight is 432 g/mol. The maximum Gasteiger partial charge on any atom is 0.180 e. The van der Waals surface area contributed by atoms with Gasteiger partial charge in [0.25, 0.3) is 0 Å². The fourth-order valence-corrected chi connectivity index (χ4v) is 5.57. The highest BCUT2D eigenvalue weighted by Crippen LogP contribution is 2.50. The minimum atomic E-state index is -0.0781. The number of rotatable bonds is 6. The molecule has 0 radical (unpaired) electrons. The van der Waals surface area contributed by atoms with Crippen LogP contribution in [0.25, 0.3) is 0 Å². The molecule has 3 heterocycles. The molecule has 0 spiro atoms. The van der Waals surface area contributed by atoms with E-state index < -0.39 is 0 Å². The number of thioether (sulfide) groups is 1. The second-order valence-electron chi connectivity index (χ2n) is 7.54. The summed E-state index contributed by atoms with van der Waals surface area (Å²) in [6.07, 6.45) is 2.90. The summed E-state index contributed by atoms with van der Waals surface area (Å²) in [5.41, 5.74) is 2.03. The van der Waals surface area contributed by atoms with Crippen LogP contribution in [-0.4, -0.2) is 40.1 Å². The van der Waals surface area contributed by atoms with E-state index in [4.69, 9.17) is 26.1 Å². The molecule has 1 aromatic heterocycles. The Hall–Kier alpha value is -1.92. The Morgan fingerprint density at radius 3 is 2.79 bits per heavy atom. The third-order valence-electron chi connectivity index (χ3n) is 5.28. The minimum Gasteiger partial charge on any atom is -0.493 e. The standard InChI is InChI=1S/C22H26ClN3O2S/c1-5-15-12-29-22-25-19(17-8-6-7-9-24-17)20(26(15)22)14-10-16(23)21(28-13(2)3)18(11-14)27-4/h6-11,13,15,19-20H,5,12H2,1-4H3/t15-,19+,20+/m0/s1. The van der Waals surface area contributed by atoms with Crippen molar-refractivity contribution in [3.8, 4) is 11.5 Å². The van der Waals surface area contributed by atoms with Gasteiger partial charge < -0.3 is 14.4 Å². The highest BCUT2D eigenvalue weighted by molar-refractivity contribution is 8.14. The van der Waals surface area contributed by atoms with E-state index in [0.717, 1.165) is 28.6 Å². The molecular weight excluding hydrogens is 406 g/mol. The topological polar surface area (TPSA) is 47.0 Å². The fraction of sp³-hybridized carbons (Fsp3) is 0.455. The van der Waals surface area contributed by atoms with Gasteiger partial charge in [-0.2, -0.15) is 0 Å². The van der Waals surface area contributed by atoms with Crippen LogP contribution >= 0.6 is 23.4 Å².